The molecule has 0 bridgehead atoms. The maximum Gasteiger partial charge on any atom is 0.242 e. The third-order valence-electron chi connectivity index (χ3n) is 3.84. The molecule has 3 aliphatic rings. The van der Waals surface area contributed by atoms with Gasteiger partial charge in [0.05, 0.1) is 19.1 Å². The van der Waals surface area contributed by atoms with Gasteiger partial charge in [-0.1, -0.05) is 0 Å². The fourth-order valence-corrected chi connectivity index (χ4v) is 2.63. The van der Waals surface area contributed by atoms with Crippen molar-refractivity contribution in [1.82, 2.24) is 9.80 Å². The summed E-state index contributed by atoms with van der Waals surface area (Å²) in [6.45, 7) is 2.87. The first-order chi connectivity index (χ1) is 8.25. The highest BCUT2D eigenvalue weighted by Crippen LogP contribution is 2.28. The van der Waals surface area contributed by atoms with Gasteiger partial charge in [0.1, 0.15) is 0 Å². The van der Waals surface area contributed by atoms with Crippen LogP contribution >= 0.6 is 0 Å². The van der Waals surface area contributed by atoms with Crippen molar-refractivity contribution in [1.29, 1.82) is 0 Å². The Kier molecular flexibility index (Phi) is 2.78. The van der Waals surface area contributed by atoms with Crippen LogP contribution in [0.5, 0.6) is 0 Å². The number of rotatable bonds is 2. The maximum absolute atomic E-state index is 12.1. The Balaban J connectivity index is 1.58. The van der Waals surface area contributed by atoms with Gasteiger partial charge in [0, 0.05) is 25.7 Å². The molecule has 0 aromatic rings. The quantitative estimate of drug-likeness (QED) is 0.672. The summed E-state index contributed by atoms with van der Waals surface area (Å²) in [6, 6.07) is 0.467. The normalized spacial score (nSPS) is 29.9. The minimum Gasteiger partial charge on any atom is -0.381 e. The molecule has 5 heteroatoms. The first-order valence-corrected chi connectivity index (χ1v) is 6.41. The topological polar surface area (TPSA) is 49.9 Å². The average Bonchev–Trinajstić information content (AvgIpc) is 3.02. The zero-order valence-electron chi connectivity index (χ0n) is 9.93. The van der Waals surface area contributed by atoms with Crippen molar-refractivity contribution >= 4 is 11.8 Å². The highest BCUT2D eigenvalue weighted by atomic mass is 16.5. The highest BCUT2D eigenvalue weighted by molar-refractivity contribution is 5.87. The van der Waals surface area contributed by atoms with Crippen molar-refractivity contribution in [2.24, 2.45) is 5.92 Å². The summed E-state index contributed by atoms with van der Waals surface area (Å²) in [6.07, 6.45) is 3.07. The van der Waals surface area contributed by atoms with Crippen LogP contribution in [0.25, 0.3) is 0 Å². The molecule has 0 spiro atoms. The SMILES string of the molecule is O=C(C1CCOC1)N1CCN(C2CC2)C(=O)C1. The Morgan fingerprint density at radius 2 is 2.06 bits per heavy atom. The van der Waals surface area contributed by atoms with Crippen LogP contribution < -0.4 is 0 Å². The zero-order valence-corrected chi connectivity index (χ0v) is 9.93. The molecule has 1 unspecified atom stereocenters. The Hall–Kier alpha value is -1.10. The summed E-state index contributed by atoms with van der Waals surface area (Å²) in [7, 11) is 0. The lowest BCUT2D eigenvalue weighted by Crippen LogP contribution is -2.54. The van der Waals surface area contributed by atoms with Gasteiger partial charge >= 0.3 is 0 Å². The van der Waals surface area contributed by atoms with Crippen molar-refractivity contribution in [2.75, 3.05) is 32.8 Å². The maximum atomic E-state index is 12.1. The summed E-state index contributed by atoms with van der Waals surface area (Å²) in [4.78, 5) is 27.7. The molecule has 1 atom stereocenters. The molecule has 0 aromatic heterocycles. The van der Waals surface area contributed by atoms with E-state index in [1.807, 2.05) is 4.90 Å². The van der Waals surface area contributed by atoms with Crippen molar-refractivity contribution in [3.8, 4) is 0 Å². The van der Waals surface area contributed by atoms with Gasteiger partial charge < -0.3 is 14.5 Å². The second-order valence-corrected chi connectivity index (χ2v) is 5.14. The average molecular weight is 238 g/mol. The Morgan fingerprint density at radius 3 is 2.65 bits per heavy atom. The van der Waals surface area contributed by atoms with Crippen LogP contribution in [0.3, 0.4) is 0 Å². The van der Waals surface area contributed by atoms with Gasteiger partial charge in [-0.25, -0.2) is 0 Å². The molecule has 2 heterocycles. The molecule has 0 N–H and O–H groups in total. The number of ether oxygens (including phenoxy) is 1. The molecule has 3 rings (SSSR count). The van der Waals surface area contributed by atoms with Crippen molar-refractivity contribution < 1.29 is 14.3 Å². The Bertz CT molecular complexity index is 335. The molecular weight excluding hydrogens is 220 g/mol. The van der Waals surface area contributed by atoms with Gasteiger partial charge in [-0.15, -0.1) is 0 Å². The second-order valence-electron chi connectivity index (χ2n) is 5.14. The molecule has 2 aliphatic heterocycles. The fourth-order valence-electron chi connectivity index (χ4n) is 2.63. The molecule has 0 aromatic carbocycles. The van der Waals surface area contributed by atoms with E-state index in [4.69, 9.17) is 4.74 Å². The highest BCUT2D eigenvalue weighted by Gasteiger charge is 2.38. The summed E-state index contributed by atoms with van der Waals surface area (Å²) in [5.74, 6) is 0.201. The van der Waals surface area contributed by atoms with E-state index in [0.717, 1.165) is 19.3 Å². The smallest absolute Gasteiger partial charge is 0.242 e. The largest absolute Gasteiger partial charge is 0.381 e. The van der Waals surface area contributed by atoms with Crippen LogP contribution in [0.4, 0.5) is 0 Å². The van der Waals surface area contributed by atoms with E-state index in [-0.39, 0.29) is 24.3 Å². The Morgan fingerprint density at radius 1 is 1.24 bits per heavy atom. The molecule has 3 fully saturated rings. The standard InChI is InChI=1S/C12H18N2O3/c15-11-7-13(4-5-14(11)10-1-2-10)12(16)9-3-6-17-8-9/h9-10H,1-8H2. The molecule has 5 nitrogen and oxygen atoms in total. The summed E-state index contributed by atoms with van der Waals surface area (Å²) in [5, 5.41) is 0. The van der Waals surface area contributed by atoms with Gasteiger partial charge in [-0.05, 0) is 19.3 Å². The van der Waals surface area contributed by atoms with Crippen molar-refractivity contribution in [3.05, 3.63) is 0 Å². The van der Waals surface area contributed by atoms with Crippen molar-refractivity contribution in [2.45, 2.75) is 25.3 Å². The number of hydrogen-bond acceptors (Lipinski definition) is 3. The van der Waals surface area contributed by atoms with E-state index in [9.17, 15) is 9.59 Å². The third kappa shape index (κ3) is 2.16. The molecule has 94 valence electrons. The number of carbonyl (C=O) groups excluding carboxylic acids is 2. The lowest BCUT2D eigenvalue weighted by Gasteiger charge is -2.35. The fraction of sp³-hybridized carbons (Fsp3) is 0.833. The van der Waals surface area contributed by atoms with E-state index in [2.05, 4.69) is 0 Å². The molecular formula is C12H18N2O3. The number of carbonyl (C=O) groups is 2. The molecule has 1 saturated carbocycles. The van der Waals surface area contributed by atoms with E-state index in [1.165, 1.54) is 0 Å². The van der Waals surface area contributed by atoms with E-state index in [0.29, 0.717) is 32.3 Å². The Labute approximate surface area is 101 Å². The summed E-state index contributed by atoms with van der Waals surface area (Å²) in [5.41, 5.74) is 0. The first-order valence-electron chi connectivity index (χ1n) is 6.41. The predicted octanol–water partition coefficient (Wildman–Crippen LogP) is -0.144. The molecule has 2 amide bonds. The minimum absolute atomic E-state index is 0.0183. The van der Waals surface area contributed by atoms with Crippen LogP contribution in [-0.2, 0) is 14.3 Å². The summed E-state index contributed by atoms with van der Waals surface area (Å²) >= 11 is 0. The number of piperazine rings is 1. The molecule has 1 aliphatic carbocycles. The molecule has 2 saturated heterocycles. The van der Waals surface area contributed by atoms with Crippen LogP contribution in [0.1, 0.15) is 19.3 Å². The monoisotopic (exact) mass is 238 g/mol. The van der Waals surface area contributed by atoms with Crippen LogP contribution in [0, 0.1) is 5.92 Å². The minimum atomic E-state index is -0.0183. The van der Waals surface area contributed by atoms with Crippen molar-refractivity contribution in [3.63, 3.8) is 0 Å². The second kappa shape index (κ2) is 4.29. The summed E-state index contributed by atoms with van der Waals surface area (Å²) < 4.78 is 5.22. The number of amides is 2. The van der Waals surface area contributed by atoms with Gasteiger partial charge in [-0.2, -0.15) is 0 Å². The van der Waals surface area contributed by atoms with Crippen LogP contribution in [0.15, 0.2) is 0 Å². The van der Waals surface area contributed by atoms with E-state index < -0.39 is 0 Å². The zero-order chi connectivity index (χ0) is 11.8. The van der Waals surface area contributed by atoms with Gasteiger partial charge in [0.15, 0.2) is 0 Å². The molecule has 17 heavy (non-hydrogen) atoms. The van der Waals surface area contributed by atoms with Crippen LogP contribution in [0.2, 0.25) is 0 Å². The predicted molar refractivity (Wildman–Crippen MR) is 60.2 cm³/mol. The van der Waals surface area contributed by atoms with Gasteiger partial charge in [0.25, 0.3) is 0 Å². The lowest BCUT2D eigenvalue weighted by molar-refractivity contribution is -0.147. The van der Waals surface area contributed by atoms with E-state index >= 15 is 0 Å². The first kappa shape index (κ1) is 11.0. The van der Waals surface area contributed by atoms with E-state index in [1.54, 1.807) is 4.90 Å². The van der Waals surface area contributed by atoms with Crippen LogP contribution in [-0.4, -0.2) is 60.5 Å². The lowest BCUT2D eigenvalue weighted by atomic mass is 10.1. The number of nitrogens with zero attached hydrogens (tertiary/aromatic N) is 2. The molecule has 0 radical (unpaired) electrons. The number of hydrogen-bond donors (Lipinski definition) is 0. The third-order valence-corrected chi connectivity index (χ3v) is 3.84. The van der Waals surface area contributed by atoms with Gasteiger partial charge in [0.2, 0.25) is 11.8 Å². The van der Waals surface area contributed by atoms with Gasteiger partial charge in [-0.3, -0.25) is 9.59 Å².